The van der Waals surface area contributed by atoms with Crippen molar-refractivity contribution >= 4 is 11.9 Å². The zero-order valence-corrected chi connectivity index (χ0v) is 13.8. The molecule has 24 heavy (non-hydrogen) atoms. The molecule has 0 fully saturated rings. The second-order valence-corrected chi connectivity index (χ2v) is 5.67. The predicted molar refractivity (Wildman–Crippen MR) is 89.3 cm³/mol. The maximum atomic E-state index is 12.2. The van der Waals surface area contributed by atoms with Crippen LogP contribution in [0.2, 0.25) is 0 Å². The Hall–Kier alpha value is -2.89. The van der Waals surface area contributed by atoms with Gasteiger partial charge in [0.15, 0.2) is 0 Å². The number of hydrogen-bond acceptors (Lipinski definition) is 4. The number of amides is 1. The summed E-state index contributed by atoms with van der Waals surface area (Å²) in [5, 5.41) is 11.7. The lowest BCUT2D eigenvalue weighted by Crippen LogP contribution is -2.26. The average molecular weight is 328 g/mol. The fourth-order valence-electron chi connectivity index (χ4n) is 2.13. The summed E-state index contributed by atoms with van der Waals surface area (Å²) in [5.41, 5.74) is 1.15. The largest absolute Gasteiger partial charge is 0.491 e. The molecule has 1 amide bonds. The molecule has 2 rings (SSSR count). The molecule has 1 aromatic carbocycles. The molecule has 0 saturated carbocycles. The molecule has 2 N–H and O–H groups in total. The van der Waals surface area contributed by atoms with Crippen molar-refractivity contribution in [3.05, 3.63) is 59.4 Å². The molecule has 1 atom stereocenters. The minimum atomic E-state index is -1.13. The number of nitrogens with one attached hydrogen (secondary N) is 1. The summed E-state index contributed by atoms with van der Waals surface area (Å²) in [6.45, 7) is 5.79. The van der Waals surface area contributed by atoms with E-state index in [0.717, 1.165) is 11.3 Å². The number of pyridine rings is 1. The number of aromatic carboxylic acids is 1. The van der Waals surface area contributed by atoms with E-state index < -0.39 is 5.97 Å². The van der Waals surface area contributed by atoms with Crippen LogP contribution in [0, 0.1) is 0 Å². The highest BCUT2D eigenvalue weighted by molar-refractivity contribution is 5.95. The van der Waals surface area contributed by atoms with Crippen molar-refractivity contribution in [2.24, 2.45) is 0 Å². The van der Waals surface area contributed by atoms with Gasteiger partial charge in [-0.25, -0.2) is 9.78 Å². The number of rotatable bonds is 6. The van der Waals surface area contributed by atoms with Gasteiger partial charge in [-0.05, 0) is 50.6 Å². The van der Waals surface area contributed by atoms with Crippen molar-refractivity contribution in [3.8, 4) is 5.75 Å². The Morgan fingerprint density at radius 2 is 1.75 bits per heavy atom. The van der Waals surface area contributed by atoms with E-state index in [9.17, 15) is 9.59 Å². The molecular weight excluding hydrogens is 308 g/mol. The molecule has 1 unspecified atom stereocenters. The molecule has 0 aliphatic heterocycles. The third kappa shape index (κ3) is 4.55. The van der Waals surface area contributed by atoms with Gasteiger partial charge in [-0.15, -0.1) is 0 Å². The maximum Gasteiger partial charge on any atom is 0.354 e. The van der Waals surface area contributed by atoms with Gasteiger partial charge in [-0.3, -0.25) is 4.79 Å². The van der Waals surface area contributed by atoms with Crippen molar-refractivity contribution < 1.29 is 19.4 Å². The molecule has 1 heterocycles. The summed E-state index contributed by atoms with van der Waals surface area (Å²) >= 11 is 0. The smallest absolute Gasteiger partial charge is 0.354 e. The van der Waals surface area contributed by atoms with Crippen LogP contribution in [0.25, 0.3) is 0 Å². The molecular formula is C18H20N2O4. The van der Waals surface area contributed by atoms with E-state index in [-0.39, 0.29) is 23.7 Å². The molecule has 0 saturated heterocycles. The number of carbonyl (C=O) groups excluding carboxylic acids is 1. The van der Waals surface area contributed by atoms with Crippen LogP contribution in [-0.2, 0) is 0 Å². The second-order valence-electron chi connectivity index (χ2n) is 5.67. The number of nitrogens with zero attached hydrogens (tertiary/aromatic N) is 1. The van der Waals surface area contributed by atoms with Crippen molar-refractivity contribution in [2.45, 2.75) is 32.9 Å². The van der Waals surface area contributed by atoms with Crippen LogP contribution < -0.4 is 10.1 Å². The van der Waals surface area contributed by atoms with E-state index in [2.05, 4.69) is 10.3 Å². The van der Waals surface area contributed by atoms with Crippen LogP contribution in [0.1, 0.15) is 53.2 Å². The van der Waals surface area contributed by atoms with Gasteiger partial charge in [0, 0.05) is 6.20 Å². The highest BCUT2D eigenvalue weighted by atomic mass is 16.5. The summed E-state index contributed by atoms with van der Waals surface area (Å²) in [4.78, 5) is 26.7. The van der Waals surface area contributed by atoms with Crippen LogP contribution in [0.3, 0.4) is 0 Å². The third-order valence-electron chi connectivity index (χ3n) is 3.34. The van der Waals surface area contributed by atoms with Crippen LogP contribution in [0.15, 0.2) is 42.6 Å². The molecule has 126 valence electrons. The zero-order chi connectivity index (χ0) is 17.7. The Morgan fingerprint density at radius 1 is 1.08 bits per heavy atom. The average Bonchev–Trinajstić information content (AvgIpc) is 2.55. The first-order valence-corrected chi connectivity index (χ1v) is 7.63. The molecule has 0 radical (unpaired) electrons. The van der Waals surface area contributed by atoms with Gasteiger partial charge < -0.3 is 15.2 Å². The van der Waals surface area contributed by atoms with Gasteiger partial charge in [0.1, 0.15) is 11.4 Å². The predicted octanol–water partition coefficient (Wildman–Crippen LogP) is 3.06. The van der Waals surface area contributed by atoms with Gasteiger partial charge in [0.05, 0.1) is 17.7 Å². The number of benzene rings is 1. The first-order chi connectivity index (χ1) is 11.4. The third-order valence-corrected chi connectivity index (χ3v) is 3.34. The molecule has 6 nitrogen and oxygen atoms in total. The number of ether oxygens (including phenoxy) is 1. The van der Waals surface area contributed by atoms with Crippen molar-refractivity contribution in [1.82, 2.24) is 10.3 Å². The molecule has 1 aromatic heterocycles. The molecule has 0 spiro atoms. The molecule has 0 aliphatic carbocycles. The Labute approximate surface area is 140 Å². The molecule has 0 bridgehead atoms. The Kier molecular flexibility index (Phi) is 5.52. The first-order valence-electron chi connectivity index (χ1n) is 7.63. The summed E-state index contributed by atoms with van der Waals surface area (Å²) < 4.78 is 5.59. The fourth-order valence-corrected chi connectivity index (χ4v) is 2.13. The van der Waals surface area contributed by atoms with E-state index >= 15 is 0 Å². The topological polar surface area (TPSA) is 88.5 Å². The number of hydrogen-bond donors (Lipinski definition) is 2. The highest BCUT2D eigenvalue weighted by Crippen LogP contribution is 2.19. The van der Waals surface area contributed by atoms with Gasteiger partial charge in [0.25, 0.3) is 5.91 Å². The van der Waals surface area contributed by atoms with E-state index in [1.165, 1.54) is 18.3 Å². The Bertz CT molecular complexity index is 709. The SMILES string of the molecule is CC(C)Oc1ccc(C(C)NC(=O)c2ccc(C(=O)O)nc2)cc1. The minimum absolute atomic E-state index is 0.0969. The van der Waals surface area contributed by atoms with Crippen LogP contribution >= 0.6 is 0 Å². The summed E-state index contributed by atoms with van der Waals surface area (Å²) in [7, 11) is 0. The van der Waals surface area contributed by atoms with Crippen molar-refractivity contribution in [1.29, 1.82) is 0 Å². The summed E-state index contributed by atoms with van der Waals surface area (Å²) in [5.74, 6) is -0.658. The Morgan fingerprint density at radius 3 is 2.25 bits per heavy atom. The van der Waals surface area contributed by atoms with Crippen LogP contribution in [-0.4, -0.2) is 28.1 Å². The van der Waals surface area contributed by atoms with Crippen molar-refractivity contribution in [2.75, 3.05) is 0 Å². The lowest BCUT2D eigenvalue weighted by Gasteiger charge is -2.16. The summed E-state index contributed by atoms with van der Waals surface area (Å²) in [6, 6.07) is 10.1. The quantitative estimate of drug-likeness (QED) is 0.851. The number of carboxylic acid groups (broad SMARTS) is 1. The standard InChI is InChI=1S/C18H20N2O4/c1-11(2)24-15-7-4-13(5-8-15)12(3)20-17(21)14-6-9-16(18(22)23)19-10-14/h4-12H,1-3H3,(H,20,21)(H,22,23). The monoisotopic (exact) mass is 328 g/mol. The Balaban J connectivity index is 2.01. The van der Waals surface area contributed by atoms with Crippen LogP contribution in [0.4, 0.5) is 0 Å². The van der Waals surface area contributed by atoms with Gasteiger partial charge in [-0.1, -0.05) is 12.1 Å². The van der Waals surface area contributed by atoms with Crippen LogP contribution in [0.5, 0.6) is 5.75 Å². The second kappa shape index (κ2) is 7.59. The highest BCUT2D eigenvalue weighted by Gasteiger charge is 2.13. The molecule has 0 aliphatic rings. The number of aromatic nitrogens is 1. The number of carboxylic acids is 1. The molecule has 2 aromatic rings. The lowest BCUT2D eigenvalue weighted by molar-refractivity contribution is 0.0689. The van der Waals surface area contributed by atoms with Crippen molar-refractivity contribution in [3.63, 3.8) is 0 Å². The normalized spacial score (nSPS) is 11.8. The van der Waals surface area contributed by atoms with Gasteiger partial charge in [-0.2, -0.15) is 0 Å². The van der Waals surface area contributed by atoms with E-state index in [4.69, 9.17) is 9.84 Å². The summed E-state index contributed by atoms with van der Waals surface area (Å²) in [6.07, 6.45) is 1.36. The van der Waals surface area contributed by atoms with Gasteiger partial charge >= 0.3 is 5.97 Å². The van der Waals surface area contributed by atoms with E-state index in [1.807, 2.05) is 45.0 Å². The first kappa shape index (κ1) is 17.5. The van der Waals surface area contributed by atoms with E-state index in [1.54, 1.807) is 0 Å². The fraction of sp³-hybridized carbons (Fsp3) is 0.278. The number of carbonyl (C=O) groups is 2. The maximum absolute atomic E-state index is 12.2. The van der Waals surface area contributed by atoms with Gasteiger partial charge in [0.2, 0.25) is 0 Å². The lowest BCUT2D eigenvalue weighted by atomic mass is 10.1. The molecule has 6 heteroatoms. The van der Waals surface area contributed by atoms with E-state index in [0.29, 0.717) is 5.56 Å². The zero-order valence-electron chi connectivity index (χ0n) is 13.8. The minimum Gasteiger partial charge on any atom is -0.491 e.